The third-order valence-corrected chi connectivity index (χ3v) is 4.59. The van der Waals surface area contributed by atoms with E-state index in [1.807, 2.05) is 0 Å². The van der Waals surface area contributed by atoms with Crippen LogP contribution in [0.1, 0.15) is 20.3 Å². The summed E-state index contributed by atoms with van der Waals surface area (Å²) in [6.45, 7) is 5.51. The Bertz CT molecular complexity index is 305. The predicted molar refractivity (Wildman–Crippen MR) is 63.8 cm³/mol. The first kappa shape index (κ1) is 13.9. The molecule has 0 spiro atoms. The Balaban J connectivity index is 2.51. The molecule has 1 fully saturated rings. The van der Waals surface area contributed by atoms with Gasteiger partial charge in [-0.25, -0.2) is 13.1 Å². The number of rotatable bonds is 5. The SMILES string of the molecule is COC(C)CS(=O)(=O)NC1CNCCC1C. The van der Waals surface area contributed by atoms with Crippen molar-refractivity contribution in [1.82, 2.24) is 10.0 Å². The number of nitrogens with one attached hydrogen (secondary N) is 2. The van der Waals surface area contributed by atoms with Gasteiger partial charge in [-0.15, -0.1) is 0 Å². The van der Waals surface area contributed by atoms with Gasteiger partial charge < -0.3 is 10.1 Å². The van der Waals surface area contributed by atoms with Gasteiger partial charge in [0, 0.05) is 19.7 Å². The van der Waals surface area contributed by atoms with Crippen molar-refractivity contribution in [3.8, 4) is 0 Å². The Morgan fingerprint density at radius 1 is 1.56 bits per heavy atom. The average Bonchev–Trinajstić information content (AvgIpc) is 2.20. The van der Waals surface area contributed by atoms with Gasteiger partial charge in [-0.05, 0) is 25.8 Å². The summed E-state index contributed by atoms with van der Waals surface area (Å²) in [5.74, 6) is 0.404. The van der Waals surface area contributed by atoms with Crippen LogP contribution in [0.2, 0.25) is 0 Å². The fraction of sp³-hybridized carbons (Fsp3) is 1.00. The molecule has 0 amide bonds. The standard InChI is InChI=1S/C10H22N2O3S/c1-8-4-5-11-6-10(8)12-16(13,14)7-9(2)15-3/h8-12H,4-7H2,1-3H3. The zero-order valence-corrected chi connectivity index (χ0v) is 11.0. The highest BCUT2D eigenvalue weighted by Gasteiger charge is 2.26. The molecule has 0 aromatic carbocycles. The van der Waals surface area contributed by atoms with Crippen LogP contribution in [-0.4, -0.2) is 46.5 Å². The maximum atomic E-state index is 11.8. The van der Waals surface area contributed by atoms with E-state index in [1.54, 1.807) is 6.92 Å². The molecule has 6 heteroatoms. The van der Waals surface area contributed by atoms with E-state index in [4.69, 9.17) is 4.74 Å². The first-order valence-electron chi connectivity index (χ1n) is 5.68. The second kappa shape index (κ2) is 5.95. The minimum absolute atomic E-state index is 0.00260. The van der Waals surface area contributed by atoms with Crippen LogP contribution in [0.25, 0.3) is 0 Å². The van der Waals surface area contributed by atoms with Gasteiger partial charge in [0.15, 0.2) is 0 Å². The number of hydrogen-bond donors (Lipinski definition) is 2. The zero-order valence-electron chi connectivity index (χ0n) is 10.2. The van der Waals surface area contributed by atoms with Crippen molar-refractivity contribution < 1.29 is 13.2 Å². The smallest absolute Gasteiger partial charge is 0.214 e. The van der Waals surface area contributed by atoms with Crippen molar-refractivity contribution >= 4 is 10.0 Å². The van der Waals surface area contributed by atoms with Gasteiger partial charge in [0.25, 0.3) is 0 Å². The van der Waals surface area contributed by atoms with Crippen LogP contribution in [0.5, 0.6) is 0 Å². The van der Waals surface area contributed by atoms with Crippen LogP contribution in [0.4, 0.5) is 0 Å². The number of piperidine rings is 1. The molecule has 2 N–H and O–H groups in total. The van der Waals surface area contributed by atoms with Crippen molar-refractivity contribution in [2.75, 3.05) is 26.0 Å². The zero-order chi connectivity index (χ0) is 12.2. The van der Waals surface area contributed by atoms with E-state index >= 15 is 0 Å². The van der Waals surface area contributed by atoms with Gasteiger partial charge in [0.1, 0.15) is 0 Å². The summed E-state index contributed by atoms with van der Waals surface area (Å²) < 4.78 is 31.3. The summed E-state index contributed by atoms with van der Waals surface area (Å²) in [6, 6.07) is 0.00260. The van der Waals surface area contributed by atoms with Crippen LogP contribution < -0.4 is 10.0 Å². The quantitative estimate of drug-likeness (QED) is 0.717. The molecule has 0 aliphatic carbocycles. The maximum Gasteiger partial charge on any atom is 0.214 e. The Morgan fingerprint density at radius 2 is 2.25 bits per heavy atom. The number of sulfonamides is 1. The summed E-state index contributed by atoms with van der Waals surface area (Å²) >= 11 is 0. The molecule has 1 heterocycles. The highest BCUT2D eigenvalue weighted by atomic mass is 32.2. The van der Waals surface area contributed by atoms with E-state index in [0.29, 0.717) is 12.5 Å². The molecule has 0 aromatic rings. The summed E-state index contributed by atoms with van der Waals surface area (Å²) in [5.41, 5.74) is 0. The van der Waals surface area contributed by atoms with E-state index in [1.165, 1.54) is 7.11 Å². The lowest BCUT2D eigenvalue weighted by molar-refractivity contribution is 0.136. The number of ether oxygens (including phenoxy) is 1. The second-order valence-corrected chi connectivity index (χ2v) is 6.32. The van der Waals surface area contributed by atoms with Crippen molar-refractivity contribution in [1.29, 1.82) is 0 Å². The lowest BCUT2D eigenvalue weighted by atomic mass is 9.96. The fourth-order valence-corrected chi connectivity index (χ4v) is 3.43. The molecule has 0 bridgehead atoms. The van der Waals surface area contributed by atoms with Gasteiger partial charge in [-0.1, -0.05) is 6.92 Å². The largest absolute Gasteiger partial charge is 0.381 e. The van der Waals surface area contributed by atoms with Crippen molar-refractivity contribution in [3.63, 3.8) is 0 Å². The maximum absolute atomic E-state index is 11.8. The second-order valence-electron chi connectivity index (χ2n) is 4.52. The topological polar surface area (TPSA) is 67.4 Å². The lowest BCUT2D eigenvalue weighted by Gasteiger charge is -2.30. The Labute approximate surface area is 98.0 Å². The molecule has 3 atom stereocenters. The molecule has 1 aliphatic rings. The van der Waals surface area contributed by atoms with Crippen molar-refractivity contribution in [2.45, 2.75) is 32.4 Å². The van der Waals surface area contributed by atoms with E-state index < -0.39 is 10.0 Å². The van der Waals surface area contributed by atoms with Gasteiger partial charge in [0.05, 0.1) is 11.9 Å². The summed E-state index contributed by atoms with van der Waals surface area (Å²) in [4.78, 5) is 0. The van der Waals surface area contributed by atoms with Crippen LogP contribution in [-0.2, 0) is 14.8 Å². The predicted octanol–water partition coefficient (Wildman–Crippen LogP) is -0.0613. The monoisotopic (exact) mass is 250 g/mol. The molecule has 1 rings (SSSR count). The molecule has 16 heavy (non-hydrogen) atoms. The number of hydrogen-bond acceptors (Lipinski definition) is 4. The Kier molecular flexibility index (Phi) is 5.17. The first-order valence-corrected chi connectivity index (χ1v) is 7.33. The van der Waals surface area contributed by atoms with Crippen LogP contribution in [0.15, 0.2) is 0 Å². The minimum Gasteiger partial charge on any atom is -0.381 e. The molecule has 3 unspecified atom stereocenters. The summed E-state index contributed by atoms with van der Waals surface area (Å²) in [7, 11) is -1.72. The van der Waals surface area contributed by atoms with Gasteiger partial charge in [-0.3, -0.25) is 0 Å². The molecule has 0 aromatic heterocycles. The lowest BCUT2D eigenvalue weighted by Crippen LogP contribution is -2.51. The highest BCUT2D eigenvalue weighted by Crippen LogP contribution is 2.12. The van der Waals surface area contributed by atoms with Crippen LogP contribution >= 0.6 is 0 Å². The Hall–Kier alpha value is -0.170. The van der Waals surface area contributed by atoms with E-state index in [0.717, 1.165) is 13.0 Å². The van der Waals surface area contributed by atoms with Crippen molar-refractivity contribution in [2.24, 2.45) is 5.92 Å². The first-order chi connectivity index (χ1) is 7.44. The fourth-order valence-electron chi connectivity index (χ4n) is 1.80. The molecular weight excluding hydrogens is 228 g/mol. The molecular formula is C10H22N2O3S. The third-order valence-electron chi connectivity index (χ3n) is 3.02. The van der Waals surface area contributed by atoms with E-state index in [-0.39, 0.29) is 17.9 Å². The summed E-state index contributed by atoms with van der Waals surface area (Å²) in [5, 5.41) is 3.20. The van der Waals surface area contributed by atoms with Crippen LogP contribution in [0.3, 0.4) is 0 Å². The van der Waals surface area contributed by atoms with Gasteiger partial charge in [-0.2, -0.15) is 0 Å². The van der Waals surface area contributed by atoms with E-state index in [2.05, 4.69) is 17.0 Å². The Morgan fingerprint density at radius 3 is 2.81 bits per heavy atom. The van der Waals surface area contributed by atoms with E-state index in [9.17, 15) is 8.42 Å². The van der Waals surface area contributed by atoms with Gasteiger partial charge in [0.2, 0.25) is 10.0 Å². The average molecular weight is 250 g/mol. The summed E-state index contributed by atoms with van der Waals surface area (Å²) in [6.07, 6.45) is 0.733. The molecule has 1 saturated heterocycles. The molecule has 0 radical (unpaired) electrons. The third kappa shape index (κ3) is 4.37. The molecule has 5 nitrogen and oxygen atoms in total. The normalized spacial score (nSPS) is 28.9. The van der Waals surface area contributed by atoms with Crippen LogP contribution in [0, 0.1) is 5.92 Å². The van der Waals surface area contributed by atoms with Gasteiger partial charge >= 0.3 is 0 Å². The molecule has 0 saturated carbocycles. The number of methoxy groups -OCH3 is 1. The minimum atomic E-state index is -3.24. The molecule has 96 valence electrons. The molecule has 1 aliphatic heterocycles. The van der Waals surface area contributed by atoms with Crippen molar-refractivity contribution in [3.05, 3.63) is 0 Å². The highest BCUT2D eigenvalue weighted by molar-refractivity contribution is 7.89.